The molecule has 0 aliphatic rings. The SMILES string of the molecule is COc1ccc(CCC(=O)Nc2scc(-c3ccc(Br)cc3)c2C(=O)O)cc1.O=C(CCc1c(Cl)cccc1Cl)Nc1scc(-c2ccc(Cl)cc2)c1C(=O)O. The van der Waals surface area contributed by atoms with Crippen molar-refractivity contribution in [1.82, 2.24) is 0 Å². The summed E-state index contributed by atoms with van der Waals surface area (Å²) in [5, 5.41) is 30.4. The van der Waals surface area contributed by atoms with Gasteiger partial charge in [-0.2, -0.15) is 0 Å². The smallest absolute Gasteiger partial charge is 0.339 e. The topological polar surface area (TPSA) is 142 Å². The Morgan fingerprint density at radius 2 is 1.12 bits per heavy atom. The molecule has 0 bridgehead atoms. The number of carboxylic acid groups (broad SMARTS) is 2. The first-order chi connectivity index (χ1) is 26.8. The number of thiophene rings is 2. The van der Waals surface area contributed by atoms with Crippen molar-refractivity contribution in [3.8, 4) is 28.0 Å². The predicted molar refractivity (Wildman–Crippen MR) is 229 cm³/mol. The van der Waals surface area contributed by atoms with Crippen molar-refractivity contribution in [2.75, 3.05) is 17.7 Å². The molecule has 15 heteroatoms. The van der Waals surface area contributed by atoms with Gasteiger partial charge in [0, 0.05) is 54.3 Å². The number of carboxylic acids is 2. The number of anilines is 2. The molecule has 6 rings (SSSR count). The maximum Gasteiger partial charge on any atom is 0.339 e. The van der Waals surface area contributed by atoms with Gasteiger partial charge in [-0.05, 0) is 83.6 Å². The zero-order chi connectivity index (χ0) is 40.4. The number of methoxy groups -OCH3 is 1. The van der Waals surface area contributed by atoms with Crippen LogP contribution in [-0.2, 0) is 22.4 Å². The Hall–Kier alpha value is -4.69. The Morgan fingerprint density at radius 3 is 1.59 bits per heavy atom. The van der Waals surface area contributed by atoms with Crippen molar-refractivity contribution < 1.29 is 34.1 Å². The second-order valence-corrected chi connectivity index (χ2v) is 15.9. The zero-order valence-corrected chi connectivity index (χ0v) is 34.9. The molecule has 4 N–H and O–H groups in total. The standard InChI is InChI=1S/C21H18BrNO4S.C20H14Cl3NO3S/c1-27-16-9-2-13(3-10-16)4-11-18(24)23-20-19(21(25)26)17(12-28-20)14-5-7-15(22)8-6-14;21-12-6-4-11(5-7-12)14-10-28-19(18(14)20(26)27)24-17(25)9-8-13-15(22)2-1-3-16(13)23/h2-3,5-10,12H,4,11H2,1H3,(H,23,24)(H,25,26);1-7,10H,8-9H2,(H,24,25)(H,26,27). The van der Waals surface area contributed by atoms with Gasteiger partial charge in [-0.15, -0.1) is 22.7 Å². The van der Waals surface area contributed by atoms with E-state index in [4.69, 9.17) is 39.5 Å². The van der Waals surface area contributed by atoms with Gasteiger partial charge < -0.3 is 25.6 Å². The number of nitrogens with one attached hydrogen (secondary N) is 2. The number of hydrogen-bond acceptors (Lipinski definition) is 7. The van der Waals surface area contributed by atoms with Gasteiger partial charge >= 0.3 is 11.9 Å². The summed E-state index contributed by atoms with van der Waals surface area (Å²) in [5.74, 6) is -1.95. The van der Waals surface area contributed by atoms with Crippen LogP contribution in [0.25, 0.3) is 22.3 Å². The normalized spacial score (nSPS) is 10.6. The fraction of sp³-hybridized carbons (Fsp3) is 0.122. The first kappa shape index (κ1) is 42.5. The lowest BCUT2D eigenvalue weighted by Gasteiger charge is -2.08. The maximum absolute atomic E-state index is 12.4. The van der Waals surface area contributed by atoms with E-state index >= 15 is 0 Å². The lowest BCUT2D eigenvalue weighted by molar-refractivity contribution is -0.117. The molecule has 2 aromatic heterocycles. The van der Waals surface area contributed by atoms with Crippen LogP contribution in [0.2, 0.25) is 15.1 Å². The van der Waals surface area contributed by atoms with Gasteiger partial charge in [0.15, 0.2) is 0 Å². The van der Waals surface area contributed by atoms with Crippen LogP contribution in [0, 0.1) is 0 Å². The Kier molecular flexibility index (Phi) is 15.1. The second-order valence-electron chi connectivity index (χ2n) is 12.0. The van der Waals surface area contributed by atoms with Crippen LogP contribution >= 0.6 is 73.4 Å². The van der Waals surface area contributed by atoms with Crippen LogP contribution < -0.4 is 15.4 Å². The number of halogens is 4. The molecule has 0 atom stereocenters. The number of amides is 2. The van der Waals surface area contributed by atoms with E-state index in [1.807, 2.05) is 48.5 Å². The number of hydrogen-bond donors (Lipinski definition) is 4. The van der Waals surface area contributed by atoms with Crippen LogP contribution in [0.5, 0.6) is 5.75 Å². The summed E-state index contributed by atoms with van der Waals surface area (Å²) < 4.78 is 6.03. The minimum Gasteiger partial charge on any atom is -0.497 e. The van der Waals surface area contributed by atoms with E-state index in [-0.39, 0.29) is 40.8 Å². The zero-order valence-electron chi connectivity index (χ0n) is 29.4. The molecule has 288 valence electrons. The van der Waals surface area contributed by atoms with Crippen molar-refractivity contribution in [1.29, 1.82) is 0 Å². The summed E-state index contributed by atoms with van der Waals surface area (Å²) in [6.07, 6.45) is 1.29. The molecule has 0 saturated heterocycles. The molecule has 2 heterocycles. The molecule has 0 spiro atoms. The second kappa shape index (κ2) is 19.9. The predicted octanol–water partition coefficient (Wildman–Crippen LogP) is 12.1. The van der Waals surface area contributed by atoms with Gasteiger partial charge in [0.2, 0.25) is 11.8 Å². The van der Waals surface area contributed by atoms with Crippen LogP contribution in [0.4, 0.5) is 10.0 Å². The van der Waals surface area contributed by atoms with E-state index in [0.29, 0.717) is 55.2 Å². The van der Waals surface area contributed by atoms with E-state index in [0.717, 1.165) is 32.7 Å². The molecule has 9 nitrogen and oxygen atoms in total. The van der Waals surface area contributed by atoms with Crippen molar-refractivity contribution >= 4 is 107 Å². The minimum absolute atomic E-state index is 0.0523. The number of carbonyl (C=O) groups is 4. The molecule has 0 unspecified atom stereocenters. The fourth-order valence-electron chi connectivity index (χ4n) is 5.45. The van der Waals surface area contributed by atoms with Gasteiger partial charge in [0.05, 0.1) is 7.11 Å². The summed E-state index contributed by atoms with van der Waals surface area (Å²) >= 11 is 23.9. The molecule has 0 aliphatic carbocycles. The first-order valence-electron chi connectivity index (χ1n) is 16.7. The molecular weight excluding hydrogens is 883 g/mol. The number of carbonyl (C=O) groups excluding carboxylic acids is 2. The molecular formula is C41H32BrCl3N2O7S2. The Labute approximate surface area is 354 Å². The van der Waals surface area contributed by atoms with Gasteiger partial charge in [-0.25, -0.2) is 9.59 Å². The fourth-order valence-corrected chi connectivity index (χ4v) is 8.38. The van der Waals surface area contributed by atoms with Crippen LogP contribution in [0.1, 0.15) is 44.7 Å². The molecule has 2 amide bonds. The largest absolute Gasteiger partial charge is 0.497 e. The Balaban J connectivity index is 0.000000214. The van der Waals surface area contributed by atoms with E-state index < -0.39 is 11.9 Å². The van der Waals surface area contributed by atoms with Crippen molar-refractivity contribution in [3.05, 3.63) is 144 Å². The van der Waals surface area contributed by atoms with Gasteiger partial charge in [-0.3, -0.25) is 9.59 Å². The summed E-state index contributed by atoms with van der Waals surface area (Å²) in [4.78, 5) is 48.3. The number of rotatable bonds is 13. The molecule has 0 saturated carbocycles. The van der Waals surface area contributed by atoms with Crippen molar-refractivity contribution in [2.24, 2.45) is 0 Å². The number of aromatic carboxylic acids is 2. The Bertz CT molecular complexity index is 2330. The molecule has 0 fully saturated rings. The highest BCUT2D eigenvalue weighted by molar-refractivity contribution is 9.10. The highest BCUT2D eigenvalue weighted by atomic mass is 79.9. The third-order valence-electron chi connectivity index (χ3n) is 8.29. The monoisotopic (exact) mass is 912 g/mol. The third-order valence-corrected chi connectivity index (χ3v) is 11.6. The maximum atomic E-state index is 12.4. The minimum atomic E-state index is -1.12. The van der Waals surface area contributed by atoms with Crippen LogP contribution in [0.15, 0.2) is 106 Å². The molecule has 6 aromatic rings. The molecule has 0 aliphatic heterocycles. The summed E-state index contributed by atoms with van der Waals surface area (Å²) in [6, 6.07) is 26.9. The molecule has 4 aromatic carbocycles. The number of aryl methyl sites for hydroxylation is 1. The van der Waals surface area contributed by atoms with Gasteiger partial charge in [-0.1, -0.05) is 93.2 Å². The van der Waals surface area contributed by atoms with Gasteiger partial charge in [0.25, 0.3) is 0 Å². The summed E-state index contributed by atoms with van der Waals surface area (Å²) in [5.41, 5.74) is 4.48. The third kappa shape index (κ3) is 11.2. The van der Waals surface area contributed by atoms with Crippen LogP contribution in [-0.4, -0.2) is 41.1 Å². The summed E-state index contributed by atoms with van der Waals surface area (Å²) in [7, 11) is 1.60. The first-order valence-corrected chi connectivity index (χ1v) is 20.4. The average Bonchev–Trinajstić information content (AvgIpc) is 3.79. The highest BCUT2D eigenvalue weighted by Gasteiger charge is 2.23. The summed E-state index contributed by atoms with van der Waals surface area (Å²) in [6.45, 7) is 0. The molecule has 0 radical (unpaired) electrons. The van der Waals surface area contributed by atoms with Gasteiger partial charge in [0.1, 0.15) is 26.9 Å². The number of ether oxygens (including phenoxy) is 1. The highest BCUT2D eigenvalue weighted by Crippen LogP contribution is 2.38. The molecule has 56 heavy (non-hydrogen) atoms. The van der Waals surface area contributed by atoms with E-state index in [1.54, 1.807) is 60.3 Å². The lowest BCUT2D eigenvalue weighted by atomic mass is 10.0. The van der Waals surface area contributed by atoms with E-state index in [2.05, 4.69) is 26.6 Å². The van der Waals surface area contributed by atoms with E-state index in [9.17, 15) is 29.4 Å². The quantitative estimate of drug-likeness (QED) is 0.0904. The van der Waals surface area contributed by atoms with Crippen LogP contribution in [0.3, 0.4) is 0 Å². The Morgan fingerprint density at radius 1 is 0.661 bits per heavy atom. The van der Waals surface area contributed by atoms with E-state index in [1.165, 1.54) is 11.3 Å². The average molecular weight is 915 g/mol. The lowest BCUT2D eigenvalue weighted by Crippen LogP contribution is -2.14. The number of benzene rings is 4. The van der Waals surface area contributed by atoms with Crippen molar-refractivity contribution in [3.63, 3.8) is 0 Å². The van der Waals surface area contributed by atoms with Crippen molar-refractivity contribution in [2.45, 2.75) is 25.7 Å².